The highest BCUT2D eigenvalue weighted by atomic mass is 35.5. The number of carbonyl (C=O) groups is 2. The summed E-state index contributed by atoms with van der Waals surface area (Å²) in [5.74, 6) is -0.244. The first-order chi connectivity index (χ1) is 13.2. The van der Waals surface area contributed by atoms with Gasteiger partial charge in [0, 0.05) is 17.6 Å². The Hall–Kier alpha value is -2.33. The van der Waals surface area contributed by atoms with Crippen molar-refractivity contribution < 1.29 is 9.59 Å². The molecule has 0 aliphatic heterocycles. The molecule has 0 heterocycles. The average Bonchev–Trinajstić information content (AvgIpc) is 2.61. The van der Waals surface area contributed by atoms with Gasteiger partial charge in [-0.3, -0.25) is 9.59 Å². The summed E-state index contributed by atoms with van der Waals surface area (Å²) in [6, 6.07) is 12.9. The van der Waals surface area contributed by atoms with Crippen LogP contribution < -0.4 is 5.32 Å². The molecule has 2 aromatic rings. The first-order valence-electron chi connectivity index (χ1n) is 9.57. The fourth-order valence-electron chi connectivity index (χ4n) is 3.07. The summed E-state index contributed by atoms with van der Waals surface area (Å²) in [4.78, 5) is 27.4. The number of rotatable bonds is 7. The molecule has 28 heavy (non-hydrogen) atoms. The Morgan fingerprint density at radius 3 is 2.43 bits per heavy atom. The Kier molecular flexibility index (Phi) is 7.64. The molecule has 150 valence electrons. The second kappa shape index (κ2) is 9.74. The quantitative estimate of drug-likeness (QED) is 0.746. The molecule has 2 amide bonds. The summed E-state index contributed by atoms with van der Waals surface area (Å²) in [7, 11) is 0. The molecule has 0 fully saturated rings. The van der Waals surface area contributed by atoms with Crippen LogP contribution in [0.15, 0.2) is 42.5 Å². The van der Waals surface area contributed by atoms with Crippen LogP contribution in [0.3, 0.4) is 0 Å². The topological polar surface area (TPSA) is 49.4 Å². The summed E-state index contributed by atoms with van der Waals surface area (Å²) in [6.07, 6.45) is 0.257. The van der Waals surface area contributed by atoms with Crippen LogP contribution in [-0.2, 0) is 22.6 Å². The van der Waals surface area contributed by atoms with Gasteiger partial charge >= 0.3 is 0 Å². The normalized spacial score (nSPS) is 12.0. The van der Waals surface area contributed by atoms with Crippen molar-refractivity contribution in [3.63, 3.8) is 0 Å². The van der Waals surface area contributed by atoms with Crippen LogP contribution in [0.2, 0.25) is 5.02 Å². The molecule has 0 aliphatic carbocycles. The summed E-state index contributed by atoms with van der Waals surface area (Å²) in [5.41, 5.74) is 4.06. The first kappa shape index (κ1) is 22.0. The van der Waals surface area contributed by atoms with Crippen LogP contribution in [0.25, 0.3) is 0 Å². The van der Waals surface area contributed by atoms with Gasteiger partial charge in [-0.25, -0.2) is 0 Å². The van der Waals surface area contributed by atoms with Crippen molar-refractivity contribution in [3.05, 3.63) is 69.7 Å². The van der Waals surface area contributed by atoms with E-state index in [4.69, 9.17) is 11.6 Å². The van der Waals surface area contributed by atoms with Gasteiger partial charge in [-0.15, -0.1) is 0 Å². The van der Waals surface area contributed by atoms with Gasteiger partial charge in [0.2, 0.25) is 11.8 Å². The minimum Gasteiger partial charge on any atom is -0.352 e. The molecule has 0 radical (unpaired) electrons. The number of nitrogens with one attached hydrogen (secondary N) is 1. The Balaban J connectivity index is 2.29. The highest BCUT2D eigenvalue weighted by Crippen LogP contribution is 2.18. The van der Waals surface area contributed by atoms with Crippen molar-refractivity contribution in [2.75, 3.05) is 0 Å². The first-order valence-corrected chi connectivity index (χ1v) is 9.95. The third kappa shape index (κ3) is 6.10. The lowest BCUT2D eigenvalue weighted by Gasteiger charge is -2.29. The summed E-state index contributed by atoms with van der Waals surface area (Å²) < 4.78 is 0. The van der Waals surface area contributed by atoms with Gasteiger partial charge in [0.25, 0.3) is 0 Å². The average molecular weight is 401 g/mol. The van der Waals surface area contributed by atoms with Gasteiger partial charge in [0.1, 0.15) is 6.04 Å². The molecule has 1 N–H and O–H groups in total. The molecule has 0 spiro atoms. The van der Waals surface area contributed by atoms with E-state index in [2.05, 4.69) is 5.32 Å². The van der Waals surface area contributed by atoms with E-state index < -0.39 is 6.04 Å². The predicted molar refractivity (Wildman–Crippen MR) is 114 cm³/mol. The van der Waals surface area contributed by atoms with Gasteiger partial charge in [-0.05, 0) is 63.4 Å². The molecule has 0 aromatic heterocycles. The highest BCUT2D eigenvalue weighted by Gasteiger charge is 2.26. The molecule has 0 saturated heterocycles. The van der Waals surface area contributed by atoms with E-state index in [1.165, 1.54) is 0 Å². The zero-order valence-electron chi connectivity index (χ0n) is 17.3. The van der Waals surface area contributed by atoms with Crippen molar-refractivity contribution in [1.29, 1.82) is 0 Å². The lowest BCUT2D eigenvalue weighted by Crippen LogP contribution is -2.49. The monoisotopic (exact) mass is 400 g/mol. The van der Waals surface area contributed by atoms with E-state index in [1.807, 2.05) is 64.1 Å². The van der Waals surface area contributed by atoms with Gasteiger partial charge in [0.15, 0.2) is 0 Å². The number of hydrogen-bond acceptors (Lipinski definition) is 2. The number of aryl methyl sites for hydroxylation is 2. The lowest BCUT2D eigenvalue weighted by atomic mass is 10.0. The smallest absolute Gasteiger partial charge is 0.242 e. The minimum absolute atomic E-state index is 0.0112. The minimum atomic E-state index is -0.584. The van der Waals surface area contributed by atoms with E-state index >= 15 is 0 Å². The van der Waals surface area contributed by atoms with Gasteiger partial charge in [-0.2, -0.15) is 0 Å². The summed E-state index contributed by atoms with van der Waals surface area (Å²) in [6.45, 7) is 9.92. The molecule has 1 atom stereocenters. The Labute approximate surface area is 172 Å². The van der Waals surface area contributed by atoms with E-state index in [-0.39, 0.29) is 24.3 Å². The Morgan fingerprint density at radius 1 is 1.07 bits per heavy atom. The van der Waals surface area contributed by atoms with Crippen molar-refractivity contribution in [3.8, 4) is 0 Å². The maximum atomic E-state index is 13.2. The fraction of sp³-hybridized carbons (Fsp3) is 0.391. The number of carbonyl (C=O) groups excluding carboxylic acids is 2. The molecule has 1 unspecified atom stereocenters. The SMILES string of the molecule is Cc1ccc(C)c(CC(=O)N(Cc2cccc(Cl)c2)C(C)C(=O)NC(C)C)c1. The fourth-order valence-corrected chi connectivity index (χ4v) is 3.29. The molecular weight excluding hydrogens is 372 g/mol. The number of amides is 2. The van der Waals surface area contributed by atoms with Crippen LogP contribution in [0.4, 0.5) is 0 Å². The Morgan fingerprint density at radius 2 is 1.79 bits per heavy atom. The summed E-state index contributed by atoms with van der Waals surface area (Å²) >= 11 is 6.10. The largest absolute Gasteiger partial charge is 0.352 e. The zero-order chi connectivity index (χ0) is 20.8. The van der Waals surface area contributed by atoms with Crippen LogP contribution in [0.5, 0.6) is 0 Å². The van der Waals surface area contributed by atoms with Crippen molar-refractivity contribution >= 4 is 23.4 Å². The maximum absolute atomic E-state index is 13.2. The standard InChI is InChI=1S/C23H29ClN2O2/c1-15(2)25-23(28)18(5)26(14-19-7-6-8-21(24)12-19)22(27)13-20-11-16(3)9-10-17(20)4/h6-12,15,18H,13-14H2,1-5H3,(H,25,28). The van der Waals surface area contributed by atoms with Crippen LogP contribution in [0.1, 0.15) is 43.0 Å². The van der Waals surface area contributed by atoms with Crippen LogP contribution in [0, 0.1) is 13.8 Å². The van der Waals surface area contributed by atoms with E-state index in [1.54, 1.807) is 17.9 Å². The molecule has 5 heteroatoms. The molecule has 0 aliphatic rings. The molecule has 0 bridgehead atoms. The van der Waals surface area contributed by atoms with Crippen molar-refractivity contribution in [1.82, 2.24) is 10.2 Å². The lowest BCUT2D eigenvalue weighted by molar-refractivity contribution is -0.140. The predicted octanol–water partition coefficient (Wildman–Crippen LogP) is 4.44. The molecule has 2 aromatic carbocycles. The van der Waals surface area contributed by atoms with Gasteiger partial charge in [-0.1, -0.05) is 47.5 Å². The van der Waals surface area contributed by atoms with Crippen LogP contribution in [-0.4, -0.2) is 28.8 Å². The maximum Gasteiger partial charge on any atom is 0.242 e. The summed E-state index contributed by atoms with van der Waals surface area (Å²) in [5, 5.41) is 3.51. The van der Waals surface area contributed by atoms with Crippen molar-refractivity contribution in [2.45, 2.75) is 59.7 Å². The van der Waals surface area contributed by atoms with E-state index in [0.717, 1.165) is 22.3 Å². The van der Waals surface area contributed by atoms with E-state index in [0.29, 0.717) is 11.6 Å². The number of halogens is 1. The molecule has 2 rings (SSSR count). The van der Waals surface area contributed by atoms with Crippen LogP contribution >= 0.6 is 11.6 Å². The number of hydrogen-bond donors (Lipinski definition) is 1. The van der Waals surface area contributed by atoms with Gasteiger partial charge < -0.3 is 10.2 Å². The Bertz CT molecular complexity index is 848. The number of nitrogens with zero attached hydrogens (tertiary/aromatic N) is 1. The molecule has 4 nitrogen and oxygen atoms in total. The number of benzene rings is 2. The third-order valence-corrected chi connectivity index (χ3v) is 4.92. The second-order valence-corrected chi connectivity index (χ2v) is 8.03. The molecule has 0 saturated carbocycles. The highest BCUT2D eigenvalue weighted by molar-refractivity contribution is 6.30. The van der Waals surface area contributed by atoms with Gasteiger partial charge in [0.05, 0.1) is 6.42 Å². The van der Waals surface area contributed by atoms with Crippen molar-refractivity contribution in [2.24, 2.45) is 0 Å². The zero-order valence-corrected chi connectivity index (χ0v) is 18.0. The van der Waals surface area contributed by atoms with E-state index in [9.17, 15) is 9.59 Å². The second-order valence-electron chi connectivity index (χ2n) is 7.60. The third-order valence-electron chi connectivity index (χ3n) is 4.69. The molecular formula is C23H29ClN2O2.